The van der Waals surface area contributed by atoms with Crippen LogP contribution in [0.1, 0.15) is 33.5 Å². The van der Waals surface area contributed by atoms with Crippen molar-refractivity contribution in [1.82, 2.24) is 25.9 Å². The van der Waals surface area contributed by atoms with Crippen LogP contribution in [-0.2, 0) is 0 Å². The zero-order valence-corrected chi connectivity index (χ0v) is 11.1. The number of aromatic nitrogens is 4. The molecule has 1 heterocycles. The number of anilines is 1. The van der Waals surface area contributed by atoms with Crippen molar-refractivity contribution in [2.75, 3.05) is 11.9 Å². The third-order valence-corrected chi connectivity index (χ3v) is 2.62. The van der Waals surface area contributed by atoms with E-state index in [1.807, 2.05) is 6.92 Å². The molecule has 0 saturated carbocycles. The maximum absolute atomic E-state index is 11.8. The van der Waals surface area contributed by atoms with Gasteiger partial charge in [0.05, 0.1) is 0 Å². The standard InChI is InChI=1S/C12H14N6O2/c1-3-13-11(19)8-4-5-9(7(2)6-8)14-12(20)10-15-17-18-16-10/h4-6H,3H2,1-2H3,(H,13,19)(H,14,20)(H,15,16,17,18). The Morgan fingerprint density at radius 1 is 1.30 bits per heavy atom. The maximum Gasteiger partial charge on any atom is 0.297 e. The molecule has 0 bridgehead atoms. The Labute approximate surface area is 115 Å². The summed E-state index contributed by atoms with van der Waals surface area (Å²) in [5.41, 5.74) is 1.90. The van der Waals surface area contributed by atoms with Crippen LogP contribution in [0.15, 0.2) is 18.2 Å². The van der Waals surface area contributed by atoms with E-state index in [0.29, 0.717) is 17.8 Å². The Bertz CT molecular complexity index is 623. The van der Waals surface area contributed by atoms with E-state index in [1.54, 1.807) is 25.1 Å². The molecule has 0 aliphatic rings. The Kier molecular flexibility index (Phi) is 4.04. The highest BCUT2D eigenvalue weighted by atomic mass is 16.2. The van der Waals surface area contributed by atoms with Gasteiger partial charge in [-0.25, -0.2) is 0 Å². The molecule has 0 radical (unpaired) electrons. The summed E-state index contributed by atoms with van der Waals surface area (Å²) in [6.45, 7) is 4.22. The van der Waals surface area contributed by atoms with Crippen molar-refractivity contribution in [2.24, 2.45) is 0 Å². The largest absolute Gasteiger partial charge is 0.352 e. The van der Waals surface area contributed by atoms with Gasteiger partial charge in [0.1, 0.15) is 0 Å². The van der Waals surface area contributed by atoms with Crippen LogP contribution in [0.25, 0.3) is 0 Å². The van der Waals surface area contributed by atoms with E-state index in [9.17, 15) is 9.59 Å². The van der Waals surface area contributed by atoms with Crippen molar-refractivity contribution >= 4 is 17.5 Å². The molecule has 8 heteroatoms. The lowest BCUT2D eigenvalue weighted by molar-refractivity contribution is 0.0955. The summed E-state index contributed by atoms with van der Waals surface area (Å²) in [7, 11) is 0. The van der Waals surface area contributed by atoms with E-state index in [-0.39, 0.29) is 11.7 Å². The highest BCUT2D eigenvalue weighted by Gasteiger charge is 2.13. The molecule has 0 atom stereocenters. The SMILES string of the molecule is CCNC(=O)c1ccc(NC(=O)c2nn[nH]n2)c(C)c1. The number of benzene rings is 1. The third kappa shape index (κ3) is 2.97. The predicted molar refractivity (Wildman–Crippen MR) is 71.3 cm³/mol. The lowest BCUT2D eigenvalue weighted by Crippen LogP contribution is -2.23. The summed E-state index contributed by atoms with van der Waals surface area (Å²) in [5, 5.41) is 18.1. The van der Waals surface area contributed by atoms with Crippen LogP contribution in [0.3, 0.4) is 0 Å². The summed E-state index contributed by atoms with van der Waals surface area (Å²) in [5.74, 6) is -0.656. The number of tetrazole rings is 1. The van der Waals surface area contributed by atoms with E-state index < -0.39 is 5.91 Å². The average molecular weight is 274 g/mol. The molecule has 2 aromatic rings. The molecule has 0 aliphatic heterocycles. The van der Waals surface area contributed by atoms with Crippen molar-refractivity contribution in [3.63, 3.8) is 0 Å². The molecular formula is C12H14N6O2. The Balaban J connectivity index is 2.14. The fraction of sp³-hybridized carbons (Fsp3) is 0.250. The first-order chi connectivity index (χ1) is 9.61. The van der Waals surface area contributed by atoms with E-state index in [2.05, 4.69) is 31.3 Å². The van der Waals surface area contributed by atoms with Crippen LogP contribution in [0, 0.1) is 6.92 Å². The van der Waals surface area contributed by atoms with Gasteiger partial charge in [-0.2, -0.15) is 5.21 Å². The number of hydrogen-bond acceptors (Lipinski definition) is 5. The van der Waals surface area contributed by atoms with Crippen molar-refractivity contribution < 1.29 is 9.59 Å². The topological polar surface area (TPSA) is 113 Å². The fourth-order valence-corrected chi connectivity index (χ4v) is 1.64. The molecule has 8 nitrogen and oxygen atoms in total. The predicted octanol–water partition coefficient (Wildman–Crippen LogP) is 0.510. The minimum Gasteiger partial charge on any atom is -0.352 e. The Morgan fingerprint density at radius 3 is 2.70 bits per heavy atom. The van der Waals surface area contributed by atoms with Gasteiger partial charge in [-0.3, -0.25) is 9.59 Å². The van der Waals surface area contributed by atoms with Gasteiger partial charge in [-0.05, 0) is 42.8 Å². The van der Waals surface area contributed by atoms with Gasteiger partial charge in [0.25, 0.3) is 17.6 Å². The van der Waals surface area contributed by atoms with Gasteiger partial charge >= 0.3 is 0 Å². The third-order valence-electron chi connectivity index (χ3n) is 2.62. The number of carbonyl (C=O) groups is 2. The van der Waals surface area contributed by atoms with Crippen LogP contribution in [0.5, 0.6) is 0 Å². The Hall–Kier alpha value is -2.77. The van der Waals surface area contributed by atoms with E-state index in [4.69, 9.17) is 0 Å². The number of carbonyl (C=O) groups excluding carboxylic acids is 2. The minimum atomic E-state index is -0.465. The smallest absolute Gasteiger partial charge is 0.297 e. The van der Waals surface area contributed by atoms with Crippen LogP contribution in [0.2, 0.25) is 0 Å². The molecule has 0 aliphatic carbocycles. The molecule has 2 amide bonds. The van der Waals surface area contributed by atoms with Crippen LogP contribution in [-0.4, -0.2) is 39.0 Å². The van der Waals surface area contributed by atoms with E-state index in [1.165, 1.54) is 0 Å². The number of nitrogens with one attached hydrogen (secondary N) is 3. The molecule has 104 valence electrons. The van der Waals surface area contributed by atoms with Crippen LogP contribution in [0.4, 0.5) is 5.69 Å². The second-order valence-corrected chi connectivity index (χ2v) is 4.08. The first-order valence-electron chi connectivity index (χ1n) is 6.05. The summed E-state index contributed by atoms with van der Waals surface area (Å²) in [6, 6.07) is 5.01. The van der Waals surface area contributed by atoms with Crippen molar-refractivity contribution in [2.45, 2.75) is 13.8 Å². The van der Waals surface area contributed by atoms with Crippen molar-refractivity contribution in [3.8, 4) is 0 Å². The van der Waals surface area contributed by atoms with Gasteiger partial charge < -0.3 is 10.6 Å². The zero-order chi connectivity index (χ0) is 14.5. The second-order valence-electron chi connectivity index (χ2n) is 4.08. The van der Waals surface area contributed by atoms with Gasteiger partial charge in [-0.15, -0.1) is 10.2 Å². The molecule has 1 aromatic carbocycles. The second kappa shape index (κ2) is 5.91. The quantitative estimate of drug-likeness (QED) is 0.752. The molecule has 2 rings (SSSR count). The summed E-state index contributed by atoms with van der Waals surface area (Å²) < 4.78 is 0. The van der Waals surface area contributed by atoms with Crippen LogP contribution >= 0.6 is 0 Å². The zero-order valence-electron chi connectivity index (χ0n) is 11.1. The highest BCUT2D eigenvalue weighted by Crippen LogP contribution is 2.17. The van der Waals surface area contributed by atoms with Gasteiger partial charge in [0.15, 0.2) is 0 Å². The number of hydrogen-bond donors (Lipinski definition) is 3. The number of rotatable bonds is 4. The minimum absolute atomic E-state index is 0.0443. The summed E-state index contributed by atoms with van der Waals surface area (Å²) >= 11 is 0. The lowest BCUT2D eigenvalue weighted by Gasteiger charge is -2.09. The molecule has 3 N–H and O–H groups in total. The number of aromatic amines is 1. The normalized spacial score (nSPS) is 10.1. The van der Waals surface area contributed by atoms with Gasteiger partial charge in [-0.1, -0.05) is 0 Å². The van der Waals surface area contributed by atoms with Crippen LogP contribution < -0.4 is 10.6 Å². The van der Waals surface area contributed by atoms with E-state index in [0.717, 1.165) is 5.56 Å². The fourth-order valence-electron chi connectivity index (χ4n) is 1.64. The highest BCUT2D eigenvalue weighted by molar-refractivity contribution is 6.02. The van der Waals surface area contributed by atoms with E-state index >= 15 is 0 Å². The first kappa shape index (κ1) is 13.7. The number of H-pyrrole nitrogens is 1. The molecule has 0 spiro atoms. The monoisotopic (exact) mass is 274 g/mol. The summed E-state index contributed by atoms with van der Waals surface area (Å²) in [4.78, 5) is 23.5. The molecule has 0 fully saturated rings. The van der Waals surface area contributed by atoms with Gasteiger partial charge in [0.2, 0.25) is 0 Å². The maximum atomic E-state index is 11.8. The molecule has 0 unspecified atom stereocenters. The number of amides is 2. The summed E-state index contributed by atoms with van der Waals surface area (Å²) in [6.07, 6.45) is 0. The molecule has 0 saturated heterocycles. The number of aryl methyl sites for hydroxylation is 1. The average Bonchev–Trinajstić information content (AvgIpc) is 2.95. The Morgan fingerprint density at radius 2 is 2.10 bits per heavy atom. The molecule has 1 aromatic heterocycles. The molecule has 20 heavy (non-hydrogen) atoms. The lowest BCUT2D eigenvalue weighted by atomic mass is 10.1. The number of nitrogens with zero attached hydrogens (tertiary/aromatic N) is 3. The van der Waals surface area contributed by atoms with Gasteiger partial charge in [0, 0.05) is 17.8 Å². The first-order valence-corrected chi connectivity index (χ1v) is 6.05. The molecular weight excluding hydrogens is 260 g/mol. The van der Waals surface area contributed by atoms with Crippen molar-refractivity contribution in [1.29, 1.82) is 0 Å². The van der Waals surface area contributed by atoms with Crippen molar-refractivity contribution in [3.05, 3.63) is 35.2 Å².